The molecule has 104 valence electrons. The Balaban J connectivity index is 2.30. The Hall–Kier alpha value is -2.81. The Morgan fingerprint density at radius 2 is 1.90 bits per heavy atom. The van der Waals surface area contributed by atoms with E-state index in [9.17, 15) is 5.26 Å². The second-order valence-corrected chi connectivity index (χ2v) is 4.63. The Morgan fingerprint density at radius 1 is 1.10 bits per heavy atom. The Labute approximate surface area is 122 Å². The van der Waals surface area contributed by atoms with E-state index >= 15 is 0 Å². The highest BCUT2D eigenvalue weighted by Gasteiger charge is 2.18. The van der Waals surface area contributed by atoms with Gasteiger partial charge in [0.05, 0.1) is 11.2 Å². The third-order valence-electron chi connectivity index (χ3n) is 3.49. The molecule has 0 bridgehead atoms. The number of nitrogens with zero attached hydrogens (tertiary/aromatic N) is 6. The Morgan fingerprint density at radius 3 is 2.62 bits per heavy atom. The van der Waals surface area contributed by atoms with Crippen molar-refractivity contribution in [3.63, 3.8) is 0 Å². The van der Waals surface area contributed by atoms with E-state index in [4.69, 9.17) is 0 Å². The van der Waals surface area contributed by atoms with Crippen molar-refractivity contribution in [2.75, 3.05) is 0 Å². The van der Waals surface area contributed by atoms with Gasteiger partial charge >= 0.3 is 0 Å². The number of fused-ring (bicyclic) bond motifs is 1. The van der Waals surface area contributed by atoms with E-state index in [1.807, 2.05) is 38.1 Å². The first-order chi connectivity index (χ1) is 10.3. The zero-order valence-electron chi connectivity index (χ0n) is 11.9. The van der Waals surface area contributed by atoms with Crippen LogP contribution in [0.3, 0.4) is 0 Å². The van der Waals surface area contributed by atoms with Crippen LogP contribution in [0.2, 0.25) is 0 Å². The summed E-state index contributed by atoms with van der Waals surface area (Å²) in [5.41, 5.74) is 3.90. The maximum Gasteiger partial charge on any atom is 0.196 e. The fraction of sp³-hybridized carbons (Fsp3) is 0.267. The van der Waals surface area contributed by atoms with Crippen LogP contribution in [0.1, 0.15) is 30.7 Å². The van der Waals surface area contributed by atoms with Crippen molar-refractivity contribution < 1.29 is 0 Å². The molecule has 0 aliphatic rings. The highest BCUT2D eigenvalue weighted by molar-refractivity contribution is 5.76. The number of benzene rings is 1. The van der Waals surface area contributed by atoms with Gasteiger partial charge in [-0.1, -0.05) is 31.2 Å². The molecule has 1 aromatic carbocycles. The average Bonchev–Trinajstić information content (AvgIpc) is 2.97. The van der Waals surface area contributed by atoms with Crippen molar-refractivity contribution in [3.8, 4) is 11.9 Å². The first-order valence-corrected chi connectivity index (χ1v) is 6.89. The van der Waals surface area contributed by atoms with E-state index in [1.54, 1.807) is 4.68 Å². The first-order valence-electron chi connectivity index (χ1n) is 6.89. The molecular formula is C15H14N6. The summed E-state index contributed by atoms with van der Waals surface area (Å²) in [5.74, 6) is 0.445. The van der Waals surface area contributed by atoms with Crippen LogP contribution in [0.5, 0.6) is 0 Å². The molecule has 0 fully saturated rings. The number of hydrogen-bond acceptors (Lipinski definition) is 5. The van der Waals surface area contributed by atoms with Crippen LogP contribution in [0, 0.1) is 11.3 Å². The highest BCUT2D eigenvalue weighted by atomic mass is 15.5. The Bertz CT molecular complexity index is 843. The maximum absolute atomic E-state index is 9.54. The molecule has 0 aliphatic carbocycles. The van der Waals surface area contributed by atoms with Crippen molar-refractivity contribution in [1.82, 2.24) is 25.2 Å². The predicted octanol–water partition coefficient (Wildman–Crippen LogP) is 2.21. The summed E-state index contributed by atoms with van der Waals surface area (Å²) in [6.07, 6.45) is 1.49. The van der Waals surface area contributed by atoms with Gasteiger partial charge in [-0.3, -0.25) is 0 Å². The number of aromatic nitrogens is 5. The molecule has 6 heteroatoms. The van der Waals surface area contributed by atoms with E-state index in [-0.39, 0.29) is 0 Å². The van der Waals surface area contributed by atoms with E-state index in [0.29, 0.717) is 11.4 Å². The molecule has 0 saturated heterocycles. The summed E-state index contributed by atoms with van der Waals surface area (Å²) in [5, 5.41) is 26.2. The third-order valence-corrected chi connectivity index (χ3v) is 3.49. The number of hydrogen-bond donors (Lipinski definition) is 0. The fourth-order valence-electron chi connectivity index (χ4n) is 2.45. The van der Waals surface area contributed by atoms with E-state index in [2.05, 4.69) is 26.6 Å². The summed E-state index contributed by atoms with van der Waals surface area (Å²) < 4.78 is 1.58. The molecule has 6 nitrogen and oxygen atoms in total. The maximum atomic E-state index is 9.54. The summed E-state index contributed by atoms with van der Waals surface area (Å²) in [6, 6.07) is 9.83. The smallest absolute Gasteiger partial charge is 0.192 e. The molecule has 0 spiro atoms. The van der Waals surface area contributed by atoms with Gasteiger partial charge in [0, 0.05) is 0 Å². The van der Waals surface area contributed by atoms with Crippen LogP contribution in [0.15, 0.2) is 24.3 Å². The fourth-order valence-corrected chi connectivity index (χ4v) is 2.45. The Kier molecular flexibility index (Phi) is 3.32. The lowest BCUT2D eigenvalue weighted by Gasteiger charge is -2.10. The van der Waals surface area contributed by atoms with Gasteiger partial charge in [0.2, 0.25) is 0 Å². The van der Waals surface area contributed by atoms with Gasteiger partial charge in [0.1, 0.15) is 17.1 Å². The summed E-state index contributed by atoms with van der Waals surface area (Å²) in [4.78, 5) is 0. The molecule has 0 unspecified atom stereocenters. The minimum Gasteiger partial charge on any atom is -0.192 e. The molecule has 0 saturated carbocycles. The second-order valence-electron chi connectivity index (χ2n) is 4.63. The topological polar surface area (TPSA) is 80.3 Å². The van der Waals surface area contributed by atoms with Gasteiger partial charge in [-0.15, -0.1) is 10.2 Å². The average molecular weight is 278 g/mol. The monoisotopic (exact) mass is 278 g/mol. The van der Waals surface area contributed by atoms with E-state index in [0.717, 1.165) is 35.1 Å². The molecule has 0 amide bonds. The van der Waals surface area contributed by atoms with Crippen LogP contribution < -0.4 is 0 Å². The van der Waals surface area contributed by atoms with Crippen molar-refractivity contribution in [2.24, 2.45) is 0 Å². The van der Waals surface area contributed by atoms with Gasteiger partial charge < -0.3 is 0 Å². The standard InChI is InChI=1S/C15H14N6/c1-3-10-11(9-16)15(19-17-12(10)4-2)21-14-8-6-5-7-13(14)18-20-21/h5-8H,3-4H2,1-2H3. The molecule has 0 aliphatic heterocycles. The largest absolute Gasteiger partial charge is 0.196 e. The summed E-state index contributed by atoms with van der Waals surface area (Å²) >= 11 is 0. The van der Waals surface area contributed by atoms with Crippen LogP contribution in [0.4, 0.5) is 0 Å². The van der Waals surface area contributed by atoms with Crippen molar-refractivity contribution in [1.29, 1.82) is 5.26 Å². The lowest BCUT2D eigenvalue weighted by molar-refractivity contribution is 0.757. The van der Waals surface area contributed by atoms with E-state index < -0.39 is 0 Å². The van der Waals surface area contributed by atoms with Crippen LogP contribution in [-0.2, 0) is 12.8 Å². The number of para-hydroxylation sites is 1. The molecule has 0 atom stereocenters. The number of aryl methyl sites for hydroxylation is 1. The lowest BCUT2D eigenvalue weighted by Crippen LogP contribution is -2.10. The SMILES string of the molecule is CCc1nnc(-n2nnc3ccccc32)c(C#N)c1CC. The molecule has 2 heterocycles. The van der Waals surface area contributed by atoms with E-state index in [1.165, 1.54) is 0 Å². The first kappa shape index (κ1) is 13.2. The van der Waals surface area contributed by atoms with Gasteiger partial charge in [-0.05, 0) is 30.5 Å². The van der Waals surface area contributed by atoms with Gasteiger partial charge in [-0.25, -0.2) is 0 Å². The van der Waals surface area contributed by atoms with Gasteiger partial charge in [-0.2, -0.15) is 15.0 Å². The molecule has 0 N–H and O–H groups in total. The van der Waals surface area contributed by atoms with Crippen molar-refractivity contribution >= 4 is 11.0 Å². The molecule has 3 rings (SSSR count). The van der Waals surface area contributed by atoms with Crippen LogP contribution in [0.25, 0.3) is 16.9 Å². The van der Waals surface area contributed by atoms with Crippen LogP contribution >= 0.6 is 0 Å². The van der Waals surface area contributed by atoms with Gasteiger partial charge in [0.15, 0.2) is 5.82 Å². The minimum atomic E-state index is 0.445. The lowest BCUT2D eigenvalue weighted by atomic mass is 10.0. The van der Waals surface area contributed by atoms with Crippen molar-refractivity contribution in [3.05, 3.63) is 41.1 Å². The summed E-state index contributed by atoms with van der Waals surface area (Å²) in [6.45, 7) is 4.02. The number of rotatable bonds is 3. The molecule has 0 radical (unpaired) electrons. The zero-order chi connectivity index (χ0) is 14.8. The van der Waals surface area contributed by atoms with Crippen molar-refractivity contribution in [2.45, 2.75) is 26.7 Å². The molecule has 2 aromatic heterocycles. The molecular weight excluding hydrogens is 264 g/mol. The minimum absolute atomic E-state index is 0.445. The molecule has 21 heavy (non-hydrogen) atoms. The van der Waals surface area contributed by atoms with Crippen LogP contribution in [-0.4, -0.2) is 25.2 Å². The quantitative estimate of drug-likeness (QED) is 0.733. The normalized spacial score (nSPS) is 10.7. The van der Waals surface area contributed by atoms with Gasteiger partial charge in [0.25, 0.3) is 0 Å². The predicted molar refractivity (Wildman–Crippen MR) is 77.9 cm³/mol. The second kappa shape index (κ2) is 5.29. The zero-order valence-corrected chi connectivity index (χ0v) is 11.9. The number of nitriles is 1. The third kappa shape index (κ3) is 2.03. The highest BCUT2D eigenvalue weighted by Crippen LogP contribution is 2.21. The molecule has 3 aromatic rings. The summed E-state index contributed by atoms with van der Waals surface area (Å²) in [7, 11) is 0.